The van der Waals surface area contributed by atoms with Crippen molar-refractivity contribution in [3.8, 4) is 11.8 Å². The molecule has 0 bridgehead atoms. The second-order valence-electron chi connectivity index (χ2n) is 7.00. The number of carbonyl (C=O) groups excluding carboxylic acids is 1. The van der Waals surface area contributed by atoms with Gasteiger partial charge >= 0.3 is 6.18 Å². The lowest BCUT2D eigenvalue weighted by Crippen LogP contribution is -2.04. The zero-order chi connectivity index (χ0) is 22.9. The second-order valence-corrected chi connectivity index (χ2v) is 7.00. The minimum absolute atomic E-state index is 0.00194. The van der Waals surface area contributed by atoms with Gasteiger partial charge in [0.15, 0.2) is 0 Å². The zero-order valence-corrected chi connectivity index (χ0v) is 16.4. The van der Waals surface area contributed by atoms with Crippen molar-refractivity contribution < 1.29 is 28.2 Å². The van der Waals surface area contributed by atoms with Crippen LogP contribution < -0.4 is 0 Å². The highest BCUT2D eigenvalue weighted by atomic mass is 19.4. The Balaban J connectivity index is 1.65. The molecule has 162 valence electrons. The summed E-state index contributed by atoms with van der Waals surface area (Å²) in [7, 11) is 0. The van der Waals surface area contributed by atoms with Crippen LogP contribution in [0.4, 0.5) is 18.9 Å². The van der Waals surface area contributed by atoms with Gasteiger partial charge in [0.05, 0.1) is 17.8 Å². The fourth-order valence-electron chi connectivity index (χ4n) is 3.32. The van der Waals surface area contributed by atoms with Crippen LogP contribution in [0, 0.1) is 0 Å². The highest BCUT2D eigenvalue weighted by molar-refractivity contribution is 6.02. The van der Waals surface area contributed by atoms with Gasteiger partial charge in [-0.2, -0.15) is 13.2 Å². The summed E-state index contributed by atoms with van der Waals surface area (Å²) in [5.41, 5.74) is -0.652. The van der Waals surface area contributed by atoms with Crippen molar-refractivity contribution in [2.75, 3.05) is 0 Å². The second kappa shape index (κ2) is 8.18. The van der Waals surface area contributed by atoms with Gasteiger partial charge in [-0.05, 0) is 35.9 Å². The minimum atomic E-state index is -4.64. The van der Waals surface area contributed by atoms with Gasteiger partial charge in [0.2, 0.25) is 11.8 Å². The van der Waals surface area contributed by atoms with Gasteiger partial charge in [0.25, 0.3) is 5.91 Å². The molecule has 0 aliphatic carbocycles. The standard InChI is InChI=1S/C23H16F3N3O3/c24-23(25,26)18-8-4-5-9-19(18)27-28-20(30)15-10-11-16-17(12-15)22(32)29(21(16)31)13-14-6-2-1-3-7-14/h1-12,31-32H,13H2. The number of hydrogen-bond donors (Lipinski definition) is 2. The van der Waals surface area contributed by atoms with Gasteiger partial charge < -0.3 is 10.2 Å². The summed E-state index contributed by atoms with van der Waals surface area (Å²) in [6.07, 6.45) is -4.64. The van der Waals surface area contributed by atoms with Crippen molar-refractivity contribution >= 4 is 22.4 Å². The highest BCUT2D eigenvalue weighted by Gasteiger charge is 2.33. The molecule has 0 aliphatic heterocycles. The van der Waals surface area contributed by atoms with E-state index in [0.29, 0.717) is 5.39 Å². The Labute approximate surface area is 179 Å². The summed E-state index contributed by atoms with van der Waals surface area (Å²) >= 11 is 0. The molecule has 0 fully saturated rings. The fraction of sp³-hybridized carbons (Fsp3) is 0.0870. The molecule has 0 radical (unpaired) electrons. The number of hydrogen-bond acceptors (Lipinski definition) is 4. The Morgan fingerprint density at radius 3 is 2.25 bits per heavy atom. The zero-order valence-electron chi connectivity index (χ0n) is 16.4. The summed E-state index contributed by atoms with van der Waals surface area (Å²) in [6.45, 7) is 0.199. The maximum atomic E-state index is 13.1. The summed E-state index contributed by atoms with van der Waals surface area (Å²) in [4.78, 5) is 12.4. The number of azo groups is 1. The van der Waals surface area contributed by atoms with Gasteiger partial charge in [-0.15, -0.1) is 10.2 Å². The molecule has 1 amide bonds. The molecule has 4 rings (SSSR count). The van der Waals surface area contributed by atoms with E-state index in [0.717, 1.165) is 17.7 Å². The van der Waals surface area contributed by atoms with E-state index < -0.39 is 23.3 Å². The minimum Gasteiger partial charge on any atom is -0.494 e. The third kappa shape index (κ3) is 4.04. The van der Waals surface area contributed by atoms with E-state index in [9.17, 15) is 28.2 Å². The van der Waals surface area contributed by atoms with E-state index in [-0.39, 0.29) is 29.3 Å². The number of halogens is 3. The van der Waals surface area contributed by atoms with Crippen molar-refractivity contribution in [1.29, 1.82) is 0 Å². The summed E-state index contributed by atoms with van der Waals surface area (Å²) in [6, 6.07) is 17.8. The number of nitrogens with zero attached hydrogens (tertiary/aromatic N) is 3. The molecule has 6 nitrogen and oxygen atoms in total. The quantitative estimate of drug-likeness (QED) is 0.380. The van der Waals surface area contributed by atoms with E-state index in [1.807, 2.05) is 30.3 Å². The number of carbonyl (C=O) groups is 1. The third-order valence-corrected chi connectivity index (χ3v) is 4.90. The molecular formula is C23H16F3N3O3. The van der Waals surface area contributed by atoms with E-state index in [1.165, 1.54) is 34.9 Å². The highest BCUT2D eigenvalue weighted by Crippen LogP contribution is 2.38. The number of amides is 1. The summed E-state index contributed by atoms with van der Waals surface area (Å²) < 4.78 is 40.5. The van der Waals surface area contributed by atoms with Crippen molar-refractivity contribution in [2.24, 2.45) is 10.2 Å². The van der Waals surface area contributed by atoms with Crippen LogP contribution in [0.5, 0.6) is 11.8 Å². The first-order valence-corrected chi connectivity index (χ1v) is 9.46. The topological polar surface area (TPSA) is 87.2 Å². The molecule has 3 aromatic carbocycles. The van der Waals surface area contributed by atoms with E-state index in [1.54, 1.807) is 0 Å². The van der Waals surface area contributed by atoms with E-state index >= 15 is 0 Å². The molecule has 32 heavy (non-hydrogen) atoms. The number of benzene rings is 3. The first kappa shape index (κ1) is 21.1. The van der Waals surface area contributed by atoms with Crippen LogP contribution >= 0.6 is 0 Å². The molecule has 0 spiro atoms. The molecule has 1 heterocycles. The fourth-order valence-corrected chi connectivity index (χ4v) is 3.32. The van der Waals surface area contributed by atoms with Crippen LogP contribution in [-0.2, 0) is 12.7 Å². The lowest BCUT2D eigenvalue weighted by molar-refractivity contribution is -0.137. The van der Waals surface area contributed by atoms with E-state index in [2.05, 4.69) is 10.2 Å². The van der Waals surface area contributed by atoms with Crippen LogP contribution in [-0.4, -0.2) is 20.7 Å². The molecule has 0 saturated heterocycles. The molecule has 9 heteroatoms. The molecular weight excluding hydrogens is 423 g/mol. The Bertz CT molecular complexity index is 1330. The van der Waals surface area contributed by atoms with Crippen molar-refractivity contribution in [3.05, 3.63) is 89.5 Å². The van der Waals surface area contributed by atoms with Gasteiger partial charge in [0.1, 0.15) is 0 Å². The smallest absolute Gasteiger partial charge is 0.418 e. The predicted molar refractivity (Wildman–Crippen MR) is 111 cm³/mol. The number of alkyl halides is 3. The number of fused-ring (bicyclic) bond motifs is 1. The van der Waals surface area contributed by atoms with Crippen LogP contribution in [0.15, 0.2) is 83.0 Å². The maximum Gasteiger partial charge on any atom is 0.418 e. The lowest BCUT2D eigenvalue weighted by Gasteiger charge is -2.08. The van der Waals surface area contributed by atoms with Crippen LogP contribution in [0.25, 0.3) is 10.8 Å². The molecule has 4 aromatic rings. The first-order valence-electron chi connectivity index (χ1n) is 9.46. The third-order valence-electron chi connectivity index (χ3n) is 4.90. The average molecular weight is 439 g/mol. The Hall–Kier alpha value is -4.14. The van der Waals surface area contributed by atoms with Gasteiger partial charge in [-0.1, -0.05) is 42.5 Å². The SMILES string of the molecule is O=C(N=Nc1ccccc1C(F)(F)F)c1ccc2c(O)n(Cc3ccccc3)c(O)c2c1. The normalized spacial score (nSPS) is 12.0. The average Bonchev–Trinajstić information content (AvgIpc) is 3.02. The van der Waals surface area contributed by atoms with Crippen LogP contribution in [0.1, 0.15) is 21.5 Å². The molecule has 0 atom stereocenters. The van der Waals surface area contributed by atoms with Gasteiger partial charge in [-0.3, -0.25) is 9.36 Å². The van der Waals surface area contributed by atoms with Crippen LogP contribution in [0.2, 0.25) is 0 Å². The predicted octanol–water partition coefficient (Wildman–Crippen LogP) is 6.04. The maximum absolute atomic E-state index is 13.1. The monoisotopic (exact) mass is 439 g/mol. The van der Waals surface area contributed by atoms with Crippen molar-refractivity contribution in [3.63, 3.8) is 0 Å². The Morgan fingerprint density at radius 2 is 1.53 bits per heavy atom. The number of aromatic hydroxyl groups is 2. The summed E-state index contributed by atoms with van der Waals surface area (Å²) in [5, 5.41) is 28.5. The van der Waals surface area contributed by atoms with E-state index in [4.69, 9.17) is 0 Å². The summed E-state index contributed by atoms with van der Waals surface area (Å²) in [5.74, 6) is -1.32. The molecule has 0 saturated carbocycles. The van der Waals surface area contributed by atoms with Crippen molar-refractivity contribution in [1.82, 2.24) is 4.57 Å². The van der Waals surface area contributed by atoms with Gasteiger partial charge in [0, 0.05) is 16.3 Å². The number of aromatic nitrogens is 1. The largest absolute Gasteiger partial charge is 0.494 e. The number of rotatable bonds is 4. The van der Waals surface area contributed by atoms with Crippen LogP contribution in [0.3, 0.4) is 0 Å². The van der Waals surface area contributed by atoms with Crippen molar-refractivity contribution in [2.45, 2.75) is 12.7 Å². The molecule has 2 N–H and O–H groups in total. The molecule has 0 aliphatic rings. The lowest BCUT2D eigenvalue weighted by atomic mass is 10.1. The molecule has 0 unspecified atom stereocenters. The molecule has 1 aromatic heterocycles. The van der Waals surface area contributed by atoms with Gasteiger partial charge in [-0.25, -0.2) is 0 Å². The Morgan fingerprint density at radius 1 is 0.875 bits per heavy atom. The first-order chi connectivity index (χ1) is 15.3. The Kier molecular flexibility index (Phi) is 5.40.